The quantitative estimate of drug-likeness (QED) is 0.840. The number of anilines is 1. The molecule has 2 amide bonds. The molecule has 0 aliphatic heterocycles. The van der Waals surface area contributed by atoms with Crippen molar-refractivity contribution in [2.75, 3.05) is 11.9 Å². The number of hydrogen-bond acceptors (Lipinski definition) is 2. The van der Waals surface area contributed by atoms with Crippen molar-refractivity contribution in [3.63, 3.8) is 0 Å². The zero-order valence-corrected chi connectivity index (χ0v) is 14.6. The molecule has 0 atom stereocenters. The third kappa shape index (κ3) is 5.39. The summed E-state index contributed by atoms with van der Waals surface area (Å²) < 4.78 is 0. The minimum absolute atomic E-state index is 0.0722. The van der Waals surface area contributed by atoms with E-state index in [1.54, 1.807) is 6.07 Å². The Bertz CT molecular complexity index is 706. The van der Waals surface area contributed by atoms with Crippen LogP contribution in [0.4, 0.5) is 5.69 Å². The van der Waals surface area contributed by atoms with Crippen LogP contribution in [0.1, 0.15) is 23.1 Å². The number of rotatable bonds is 6. The number of carbonyl (C=O) groups is 2. The van der Waals surface area contributed by atoms with E-state index in [0.717, 1.165) is 16.7 Å². The molecule has 24 heavy (non-hydrogen) atoms. The fraction of sp³-hybridized carbons (Fsp3) is 0.263. The number of aryl methyl sites for hydroxylation is 3. The van der Waals surface area contributed by atoms with Crippen LogP contribution in [-0.4, -0.2) is 18.4 Å². The summed E-state index contributed by atoms with van der Waals surface area (Å²) in [6.45, 7) is 3.75. The minimum atomic E-state index is -0.295. The normalized spacial score (nSPS) is 10.3. The molecule has 0 aromatic heterocycles. The van der Waals surface area contributed by atoms with E-state index in [2.05, 4.69) is 10.6 Å². The Morgan fingerprint density at radius 1 is 1.04 bits per heavy atom. The van der Waals surface area contributed by atoms with Gasteiger partial charge < -0.3 is 10.6 Å². The van der Waals surface area contributed by atoms with Gasteiger partial charge >= 0.3 is 0 Å². The van der Waals surface area contributed by atoms with Crippen LogP contribution in [0, 0.1) is 13.8 Å². The Labute approximate surface area is 147 Å². The molecule has 0 aliphatic carbocycles. The lowest BCUT2D eigenvalue weighted by molar-refractivity contribution is -0.124. The summed E-state index contributed by atoms with van der Waals surface area (Å²) in [6, 6.07) is 13.5. The average molecular weight is 345 g/mol. The van der Waals surface area contributed by atoms with Gasteiger partial charge in [-0.1, -0.05) is 48.0 Å². The Kier molecular flexibility index (Phi) is 6.38. The first-order valence-corrected chi connectivity index (χ1v) is 8.20. The number of amides is 2. The first kappa shape index (κ1) is 18.0. The van der Waals surface area contributed by atoms with Crippen LogP contribution < -0.4 is 10.6 Å². The summed E-state index contributed by atoms with van der Waals surface area (Å²) in [5, 5.41) is 5.87. The van der Waals surface area contributed by atoms with Crippen molar-refractivity contribution >= 4 is 29.1 Å². The minimum Gasteiger partial charge on any atom is -0.347 e. The van der Waals surface area contributed by atoms with E-state index in [9.17, 15) is 9.59 Å². The maximum absolute atomic E-state index is 12.0. The standard InChI is InChI=1S/C19H21ClN2O2/c1-13-10-14(2)19(16(20)11-13)22-18(24)12-21-17(23)9-8-15-6-4-3-5-7-15/h3-7,10-11H,8-9,12H2,1-2H3,(H,21,23)(H,22,24). The van der Waals surface area contributed by atoms with Crippen LogP contribution >= 0.6 is 11.6 Å². The Morgan fingerprint density at radius 2 is 1.75 bits per heavy atom. The van der Waals surface area contributed by atoms with E-state index in [1.165, 1.54) is 0 Å². The van der Waals surface area contributed by atoms with Crippen molar-refractivity contribution in [2.24, 2.45) is 0 Å². The predicted octanol–water partition coefficient (Wildman–Crippen LogP) is 3.64. The lowest BCUT2D eigenvalue weighted by Crippen LogP contribution is -2.33. The first-order valence-electron chi connectivity index (χ1n) is 7.83. The fourth-order valence-electron chi connectivity index (χ4n) is 2.43. The second-order valence-electron chi connectivity index (χ2n) is 5.75. The van der Waals surface area contributed by atoms with Gasteiger partial charge in [0.05, 0.1) is 17.3 Å². The lowest BCUT2D eigenvalue weighted by Gasteiger charge is -2.12. The second-order valence-corrected chi connectivity index (χ2v) is 6.16. The van der Waals surface area contributed by atoms with Crippen molar-refractivity contribution in [2.45, 2.75) is 26.7 Å². The van der Waals surface area contributed by atoms with Crippen molar-refractivity contribution in [1.82, 2.24) is 5.32 Å². The number of hydrogen-bond donors (Lipinski definition) is 2. The average Bonchev–Trinajstić information content (AvgIpc) is 2.55. The molecule has 0 bridgehead atoms. The highest BCUT2D eigenvalue weighted by Crippen LogP contribution is 2.27. The van der Waals surface area contributed by atoms with E-state index in [-0.39, 0.29) is 18.4 Å². The molecule has 0 spiro atoms. The molecule has 0 heterocycles. The Balaban J connectivity index is 1.80. The summed E-state index contributed by atoms with van der Waals surface area (Å²) in [5.74, 6) is -0.447. The van der Waals surface area contributed by atoms with Gasteiger partial charge in [0.1, 0.15) is 0 Å². The van der Waals surface area contributed by atoms with Gasteiger partial charge in [0.15, 0.2) is 0 Å². The Hall–Kier alpha value is -2.33. The molecule has 0 radical (unpaired) electrons. The smallest absolute Gasteiger partial charge is 0.243 e. The summed E-state index contributed by atoms with van der Waals surface area (Å²) in [4.78, 5) is 23.8. The third-order valence-electron chi connectivity index (χ3n) is 3.63. The number of nitrogens with one attached hydrogen (secondary N) is 2. The van der Waals surface area contributed by atoms with Crippen LogP contribution in [0.3, 0.4) is 0 Å². The summed E-state index contributed by atoms with van der Waals surface area (Å²) >= 11 is 6.16. The van der Waals surface area contributed by atoms with Crippen molar-refractivity contribution in [3.05, 3.63) is 64.2 Å². The molecular weight excluding hydrogens is 324 g/mol. The fourth-order valence-corrected chi connectivity index (χ4v) is 2.80. The molecule has 2 N–H and O–H groups in total. The second kappa shape index (κ2) is 8.50. The Morgan fingerprint density at radius 3 is 2.42 bits per heavy atom. The van der Waals surface area contributed by atoms with Crippen molar-refractivity contribution in [3.8, 4) is 0 Å². The van der Waals surface area contributed by atoms with Gasteiger partial charge in [-0.05, 0) is 43.0 Å². The van der Waals surface area contributed by atoms with Gasteiger partial charge in [-0.2, -0.15) is 0 Å². The molecule has 0 saturated carbocycles. The summed E-state index contributed by atoms with van der Waals surface area (Å²) in [6.07, 6.45) is 0.999. The number of carbonyl (C=O) groups excluding carboxylic acids is 2. The third-order valence-corrected chi connectivity index (χ3v) is 3.92. The van der Waals surface area contributed by atoms with Gasteiger partial charge in [0, 0.05) is 6.42 Å². The first-order chi connectivity index (χ1) is 11.5. The maximum Gasteiger partial charge on any atom is 0.243 e. The van der Waals surface area contributed by atoms with Gasteiger partial charge in [-0.15, -0.1) is 0 Å². The van der Waals surface area contributed by atoms with Crippen LogP contribution in [0.5, 0.6) is 0 Å². The highest BCUT2D eigenvalue weighted by atomic mass is 35.5. The highest BCUT2D eigenvalue weighted by Gasteiger charge is 2.10. The zero-order valence-electron chi connectivity index (χ0n) is 13.9. The van der Waals surface area contributed by atoms with E-state index in [4.69, 9.17) is 11.6 Å². The number of halogens is 1. The topological polar surface area (TPSA) is 58.2 Å². The highest BCUT2D eigenvalue weighted by molar-refractivity contribution is 6.34. The molecule has 2 aromatic rings. The lowest BCUT2D eigenvalue weighted by atomic mass is 10.1. The molecule has 0 aliphatic rings. The van der Waals surface area contributed by atoms with E-state index >= 15 is 0 Å². The summed E-state index contributed by atoms with van der Waals surface area (Å²) in [7, 11) is 0. The molecule has 0 unspecified atom stereocenters. The van der Waals surface area contributed by atoms with Crippen molar-refractivity contribution in [1.29, 1.82) is 0 Å². The van der Waals surface area contributed by atoms with Crippen LogP contribution in [0.15, 0.2) is 42.5 Å². The van der Waals surface area contributed by atoms with Gasteiger partial charge in [-0.3, -0.25) is 9.59 Å². The molecule has 0 saturated heterocycles. The SMILES string of the molecule is Cc1cc(C)c(NC(=O)CNC(=O)CCc2ccccc2)c(Cl)c1. The van der Waals surface area contributed by atoms with E-state index in [1.807, 2.05) is 50.2 Å². The molecule has 2 rings (SSSR count). The van der Waals surface area contributed by atoms with Gasteiger partial charge in [0.2, 0.25) is 11.8 Å². The van der Waals surface area contributed by atoms with E-state index < -0.39 is 0 Å². The molecular formula is C19H21ClN2O2. The van der Waals surface area contributed by atoms with Crippen LogP contribution in [0.25, 0.3) is 0 Å². The zero-order chi connectivity index (χ0) is 17.5. The van der Waals surface area contributed by atoms with E-state index in [0.29, 0.717) is 23.6 Å². The van der Waals surface area contributed by atoms with Crippen LogP contribution in [-0.2, 0) is 16.0 Å². The molecule has 5 heteroatoms. The monoisotopic (exact) mass is 344 g/mol. The van der Waals surface area contributed by atoms with Crippen LogP contribution in [0.2, 0.25) is 5.02 Å². The predicted molar refractivity (Wildman–Crippen MR) is 97.3 cm³/mol. The van der Waals surface area contributed by atoms with Crippen molar-refractivity contribution < 1.29 is 9.59 Å². The van der Waals surface area contributed by atoms with Gasteiger partial charge in [0.25, 0.3) is 0 Å². The molecule has 2 aromatic carbocycles. The summed E-state index contributed by atoms with van der Waals surface area (Å²) in [5.41, 5.74) is 3.61. The number of benzene rings is 2. The largest absolute Gasteiger partial charge is 0.347 e. The molecule has 126 valence electrons. The molecule has 4 nitrogen and oxygen atoms in total. The molecule has 0 fully saturated rings. The van der Waals surface area contributed by atoms with Gasteiger partial charge in [-0.25, -0.2) is 0 Å². The maximum atomic E-state index is 12.0.